The van der Waals surface area contributed by atoms with Crippen LogP contribution in [0.2, 0.25) is 0 Å². The van der Waals surface area contributed by atoms with E-state index in [0.717, 1.165) is 79.1 Å². The fourth-order valence-corrected chi connectivity index (χ4v) is 5.94. The van der Waals surface area contributed by atoms with Crippen LogP contribution in [0.1, 0.15) is 41.4 Å². The Labute approximate surface area is 227 Å². The molecule has 0 amide bonds. The number of aryl methyl sites for hydroxylation is 2. The highest BCUT2D eigenvalue weighted by atomic mass is 16.5. The smallest absolute Gasteiger partial charge is 0.253 e. The van der Waals surface area contributed by atoms with E-state index in [1.165, 1.54) is 0 Å². The fourth-order valence-electron chi connectivity index (χ4n) is 5.94. The lowest BCUT2D eigenvalue weighted by atomic mass is 9.99. The number of rotatable bonds is 7. The zero-order valence-corrected chi connectivity index (χ0v) is 22.8. The van der Waals surface area contributed by atoms with E-state index in [1.807, 2.05) is 35.9 Å². The van der Waals surface area contributed by atoms with Crippen molar-refractivity contribution >= 4 is 16.6 Å². The molecular weight excluding hydrogens is 494 g/mol. The summed E-state index contributed by atoms with van der Waals surface area (Å²) in [6, 6.07) is 14.0. The molecule has 4 heterocycles. The van der Waals surface area contributed by atoms with Crippen LogP contribution >= 0.6 is 0 Å². The second-order valence-corrected chi connectivity index (χ2v) is 10.6. The van der Waals surface area contributed by atoms with Gasteiger partial charge in [0.1, 0.15) is 11.8 Å². The third kappa shape index (κ3) is 5.14. The zero-order chi connectivity index (χ0) is 26.9. The summed E-state index contributed by atoms with van der Waals surface area (Å²) in [5.74, 6) is 1.52. The monoisotopic (exact) mass is 529 g/mol. The van der Waals surface area contributed by atoms with E-state index in [2.05, 4.69) is 55.4 Å². The molecule has 2 saturated heterocycles. The molecule has 4 aromatic rings. The molecule has 6 rings (SSSR count). The molecule has 0 aliphatic carbocycles. The zero-order valence-electron chi connectivity index (χ0n) is 22.8. The van der Waals surface area contributed by atoms with Gasteiger partial charge in [-0.05, 0) is 84.6 Å². The van der Waals surface area contributed by atoms with Gasteiger partial charge in [0.2, 0.25) is 0 Å². The fraction of sp³-hybridized carbons (Fsp3) is 0.448. The average molecular weight is 530 g/mol. The SMILES string of the molecule is COc1ccc(N2CCN([C@@H](c3cc4c(C)cc(C)cc4[nH]c3=O)c3nnnn3C[C@@H]3CCCO3)CC2)cc1. The first-order valence-electron chi connectivity index (χ1n) is 13.6. The summed E-state index contributed by atoms with van der Waals surface area (Å²) in [6.45, 7) is 8.63. The summed E-state index contributed by atoms with van der Waals surface area (Å²) < 4.78 is 13.0. The molecule has 0 saturated carbocycles. The number of methoxy groups -OCH3 is 1. The van der Waals surface area contributed by atoms with E-state index in [1.54, 1.807) is 7.11 Å². The van der Waals surface area contributed by atoms with Gasteiger partial charge < -0.3 is 19.4 Å². The van der Waals surface area contributed by atoms with Crippen molar-refractivity contribution in [2.24, 2.45) is 0 Å². The minimum Gasteiger partial charge on any atom is -0.497 e. The van der Waals surface area contributed by atoms with Gasteiger partial charge in [-0.25, -0.2) is 4.68 Å². The van der Waals surface area contributed by atoms with Crippen molar-refractivity contribution in [1.82, 2.24) is 30.1 Å². The molecule has 2 fully saturated rings. The predicted octanol–water partition coefficient (Wildman–Crippen LogP) is 3.23. The van der Waals surface area contributed by atoms with E-state index in [9.17, 15) is 4.79 Å². The highest BCUT2D eigenvalue weighted by Crippen LogP contribution is 2.31. The molecule has 0 radical (unpaired) electrons. The number of nitrogens with zero attached hydrogens (tertiary/aromatic N) is 6. The minimum atomic E-state index is -0.381. The topological polar surface area (TPSA) is 101 Å². The van der Waals surface area contributed by atoms with Crippen LogP contribution in [0.25, 0.3) is 10.9 Å². The molecule has 0 spiro atoms. The van der Waals surface area contributed by atoms with Crippen LogP contribution in [-0.2, 0) is 11.3 Å². The molecule has 2 atom stereocenters. The molecule has 2 aliphatic heterocycles. The lowest BCUT2D eigenvalue weighted by Gasteiger charge is -2.39. The Hall–Kier alpha value is -3.76. The van der Waals surface area contributed by atoms with Crippen molar-refractivity contribution in [2.45, 2.75) is 45.4 Å². The van der Waals surface area contributed by atoms with Gasteiger partial charge in [0.15, 0.2) is 5.82 Å². The summed E-state index contributed by atoms with van der Waals surface area (Å²) in [5, 5.41) is 13.9. The Balaban J connectivity index is 1.36. The first kappa shape index (κ1) is 25.5. The summed E-state index contributed by atoms with van der Waals surface area (Å²) in [5.41, 5.74) is 4.81. The highest BCUT2D eigenvalue weighted by Gasteiger charge is 2.33. The number of nitrogens with one attached hydrogen (secondary N) is 1. The molecule has 0 bridgehead atoms. The van der Waals surface area contributed by atoms with Crippen LogP contribution in [0.15, 0.2) is 47.3 Å². The Kier molecular flexibility index (Phi) is 7.05. The standard InChI is InChI=1S/C29H35N7O3/c1-19-15-20(2)24-17-25(29(37)30-26(24)16-19)27(28-31-32-33-36(28)18-23-5-4-14-39-23)35-12-10-34(11-13-35)21-6-8-22(38-3)9-7-21/h6-9,15-17,23,27H,4-5,10-14,18H2,1-3H3,(H,30,37)/t23-,27-/m0/s1. The summed E-state index contributed by atoms with van der Waals surface area (Å²) in [4.78, 5) is 21.5. The second-order valence-electron chi connectivity index (χ2n) is 10.6. The Morgan fingerprint density at radius 3 is 2.62 bits per heavy atom. The molecule has 0 unspecified atom stereocenters. The van der Waals surface area contributed by atoms with E-state index in [4.69, 9.17) is 9.47 Å². The van der Waals surface area contributed by atoms with Crippen molar-refractivity contribution < 1.29 is 9.47 Å². The van der Waals surface area contributed by atoms with Crippen LogP contribution < -0.4 is 15.2 Å². The maximum Gasteiger partial charge on any atom is 0.253 e. The van der Waals surface area contributed by atoms with Crippen molar-refractivity contribution in [1.29, 1.82) is 0 Å². The first-order chi connectivity index (χ1) is 19.0. The maximum atomic E-state index is 13.6. The first-order valence-corrected chi connectivity index (χ1v) is 13.6. The lowest BCUT2D eigenvalue weighted by Crippen LogP contribution is -2.49. The molecule has 2 aromatic heterocycles. The van der Waals surface area contributed by atoms with E-state index in [-0.39, 0.29) is 17.7 Å². The van der Waals surface area contributed by atoms with Gasteiger partial charge in [-0.1, -0.05) is 6.07 Å². The minimum absolute atomic E-state index is 0.0833. The number of tetrazole rings is 1. The largest absolute Gasteiger partial charge is 0.497 e. The van der Waals surface area contributed by atoms with Gasteiger partial charge >= 0.3 is 0 Å². The Bertz CT molecular complexity index is 1500. The van der Waals surface area contributed by atoms with Gasteiger partial charge in [-0.15, -0.1) is 5.10 Å². The van der Waals surface area contributed by atoms with Crippen molar-refractivity contribution in [3.63, 3.8) is 0 Å². The van der Waals surface area contributed by atoms with E-state index in [0.29, 0.717) is 17.9 Å². The van der Waals surface area contributed by atoms with Gasteiger partial charge in [-0.2, -0.15) is 0 Å². The number of aromatic amines is 1. The number of H-pyrrole nitrogens is 1. The van der Waals surface area contributed by atoms with E-state index >= 15 is 0 Å². The number of fused-ring (bicyclic) bond motifs is 1. The number of ether oxygens (including phenoxy) is 2. The summed E-state index contributed by atoms with van der Waals surface area (Å²) in [7, 11) is 1.68. The normalized spacial score (nSPS) is 19.1. The number of hydrogen-bond donors (Lipinski definition) is 1. The molecule has 2 aromatic carbocycles. The number of hydrogen-bond acceptors (Lipinski definition) is 8. The van der Waals surface area contributed by atoms with Crippen LogP contribution in [-0.4, -0.2) is 76.1 Å². The Morgan fingerprint density at radius 1 is 1.10 bits per heavy atom. The second kappa shape index (κ2) is 10.8. The predicted molar refractivity (Wildman–Crippen MR) is 149 cm³/mol. The summed E-state index contributed by atoms with van der Waals surface area (Å²) >= 11 is 0. The van der Waals surface area contributed by atoms with Crippen LogP contribution in [0.3, 0.4) is 0 Å². The molecule has 39 heavy (non-hydrogen) atoms. The molecule has 2 aliphatic rings. The number of anilines is 1. The van der Waals surface area contributed by atoms with Crippen LogP contribution in [0.4, 0.5) is 5.69 Å². The molecule has 10 nitrogen and oxygen atoms in total. The van der Waals surface area contributed by atoms with Gasteiger partial charge in [0.25, 0.3) is 5.56 Å². The van der Waals surface area contributed by atoms with E-state index < -0.39 is 0 Å². The maximum absolute atomic E-state index is 13.6. The lowest BCUT2D eigenvalue weighted by molar-refractivity contribution is 0.0906. The van der Waals surface area contributed by atoms with Gasteiger partial charge in [0.05, 0.1) is 19.8 Å². The van der Waals surface area contributed by atoms with Crippen LogP contribution in [0.5, 0.6) is 5.75 Å². The van der Waals surface area contributed by atoms with Gasteiger partial charge in [-0.3, -0.25) is 9.69 Å². The van der Waals surface area contributed by atoms with Crippen molar-refractivity contribution in [2.75, 3.05) is 44.8 Å². The Morgan fingerprint density at radius 2 is 1.90 bits per heavy atom. The molecule has 1 N–H and O–H groups in total. The molecule has 10 heteroatoms. The summed E-state index contributed by atoms with van der Waals surface area (Å²) in [6.07, 6.45) is 2.11. The average Bonchev–Trinajstić information content (AvgIpc) is 3.63. The quantitative estimate of drug-likeness (QED) is 0.390. The third-order valence-corrected chi connectivity index (χ3v) is 7.96. The molecule has 204 valence electrons. The van der Waals surface area contributed by atoms with Crippen LogP contribution in [0, 0.1) is 13.8 Å². The van der Waals surface area contributed by atoms with Gasteiger partial charge in [0, 0.05) is 54.9 Å². The van der Waals surface area contributed by atoms with Crippen molar-refractivity contribution in [3.05, 3.63) is 75.3 Å². The number of pyridine rings is 1. The molecular formula is C29H35N7O3. The highest BCUT2D eigenvalue weighted by molar-refractivity contribution is 5.83. The number of benzene rings is 2. The van der Waals surface area contributed by atoms with Crippen molar-refractivity contribution in [3.8, 4) is 5.75 Å². The number of piperazine rings is 1. The third-order valence-electron chi connectivity index (χ3n) is 7.96. The number of aromatic nitrogens is 5.